The predicted octanol–water partition coefficient (Wildman–Crippen LogP) is 4.30. The van der Waals surface area contributed by atoms with Crippen molar-refractivity contribution >= 4 is 0 Å². The van der Waals surface area contributed by atoms with Gasteiger partial charge in [0.05, 0.1) is 14.2 Å². The van der Waals surface area contributed by atoms with Crippen LogP contribution in [0.4, 0.5) is 0 Å². The second-order valence-electron chi connectivity index (χ2n) is 6.04. The van der Waals surface area contributed by atoms with Gasteiger partial charge in [-0.15, -0.1) is 0 Å². The van der Waals surface area contributed by atoms with Crippen molar-refractivity contribution in [2.45, 2.75) is 12.5 Å². The first-order valence-corrected chi connectivity index (χ1v) is 8.16. The number of hydrogen-bond acceptors (Lipinski definition) is 3. The van der Waals surface area contributed by atoms with Crippen LogP contribution in [0.5, 0.6) is 11.5 Å². The number of aliphatic hydroxyl groups is 1. The van der Waals surface area contributed by atoms with Crippen molar-refractivity contribution in [3.8, 4) is 11.5 Å². The molecule has 0 aliphatic rings. The van der Waals surface area contributed by atoms with Gasteiger partial charge >= 0.3 is 0 Å². The molecule has 0 amide bonds. The van der Waals surface area contributed by atoms with E-state index in [4.69, 9.17) is 9.47 Å². The van der Waals surface area contributed by atoms with Crippen LogP contribution in [0, 0.1) is 6.92 Å². The Kier molecular flexibility index (Phi) is 4.77. The SMILES string of the molecule is COc1cccc(C(O)(c2ccc(C)cc2)c2cccc(OC)c2)c1. The van der Waals surface area contributed by atoms with Crippen LogP contribution in [0.1, 0.15) is 22.3 Å². The summed E-state index contributed by atoms with van der Waals surface area (Å²) < 4.78 is 10.7. The van der Waals surface area contributed by atoms with Crippen LogP contribution < -0.4 is 9.47 Å². The smallest absolute Gasteiger partial charge is 0.140 e. The van der Waals surface area contributed by atoms with E-state index < -0.39 is 5.60 Å². The number of hydrogen-bond donors (Lipinski definition) is 1. The molecule has 0 fully saturated rings. The number of aryl methyl sites for hydroxylation is 1. The molecule has 0 aromatic heterocycles. The molecule has 3 rings (SSSR count). The fourth-order valence-electron chi connectivity index (χ4n) is 2.99. The lowest BCUT2D eigenvalue weighted by atomic mass is 9.80. The summed E-state index contributed by atoms with van der Waals surface area (Å²) in [5, 5.41) is 11.8. The van der Waals surface area contributed by atoms with Crippen LogP contribution in [0.15, 0.2) is 72.8 Å². The second-order valence-corrected chi connectivity index (χ2v) is 6.04. The first kappa shape index (κ1) is 17.1. The van der Waals surface area contributed by atoms with Gasteiger partial charge in [0, 0.05) is 0 Å². The van der Waals surface area contributed by atoms with Crippen LogP contribution >= 0.6 is 0 Å². The van der Waals surface area contributed by atoms with Crippen molar-refractivity contribution in [2.75, 3.05) is 14.2 Å². The van der Waals surface area contributed by atoms with Crippen molar-refractivity contribution in [3.05, 3.63) is 95.1 Å². The Bertz CT molecular complexity index is 806. The maximum Gasteiger partial charge on any atom is 0.140 e. The van der Waals surface area contributed by atoms with Gasteiger partial charge in [0.25, 0.3) is 0 Å². The fourth-order valence-corrected chi connectivity index (χ4v) is 2.99. The van der Waals surface area contributed by atoms with E-state index in [1.165, 1.54) is 0 Å². The highest BCUT2D eigenvalue weighted by Crippen LogP contribution is 2.39. The van der Waals surface area contributed by atoms with Crippen LogP contribution in [0.3, 0.4) is 0 Å². The lowest BCUT2D eigenvalue weighted by Crippen LogP contribution is -2.29. The van der Waals surface area contributed by atoms with Gasteiger partial charge in [0.2, 0.25) is 0 Å². The van der Waals surface area contributed by atoms with Gasteiger partial charge in [-0.05, 0) is 47.9 Å². The molecule has 0 aliphatic heterocycles. The van der Waals surface area contributed by atoms with E-state index in [-0.39, 0.29) is 0 Å². The van der Waals surface area contributed by atoms with E-state index in [2.05, 4.69) is 0 Å². The maximum atomic E-state index is 11.8. The van der Waals surface area contributed by atoms with Crippen LogP contribution in [0.25, 0.3) is 0 Å². The molecule has 0 saturated heterocycles. The van der Waals surface area contributed by atoms with E-state index >= 15 is 0 Å². The number of benzene rings is 3. The van der Waals surface area contributed by atoms with E-state index in [9.17, 15) is 5.11 Å². The summed E-state index contributed by atoms with van der Waals surface area (Å²) >= 11 is 0. The molecule has 1 N–H and O–H groups in total. The Balaban J connectivity index is 2.24. The molecule has 3 aromatic carbocycles. The highest BCUT2D eigenvalue weighted by atomic mass is 16.5. The van der Waals surface area contributed by atoms with Gasteiger partial charge < -0.3 is 14.6 Å². The largest absolute Gasteiger partial charge is 0.497 e. The highest BCUT2D eigenvalue weighted by Gasteiger charge is 2.34. The Morgan fingerprint density at radius 1 is 0.680 bits per heavy atom. The first-order valence-electron chi connectivity index (χ1n) is 8.16. The second kappa shape index (κ2) is 6.99. The molecule has 0 saturated carbocycles. The Morgan fingerprint density at radius 2 is 1.16 bits per heavy atom. The quantitative estimate of drug-likeness (QED) is 0.707. The molecule has 0 spiro atoms. The van der Waals surface area contributed by atoms with E-state index in [1.54, 1.807) is 14.2 Å². The third-order valence-corrected chi connectivity index (χ3v) is 4.44. The van der Waals surface area contributed by atoms with Gasteiger partial charge in [0.1, 0.15) is 17.1 Å². The van der Waals surface area contributed by atoms with Crippen molar-refractivity contribution in [1.82, 2.24) is 0 Å². The molecule has 3 nitrogen and oxygen atoms in total. The van der Waals surface area contributed by atoms with Crippen molar-refractivity contribution in [1.29, 1.82) is 0 Å². The van der Waals surface area contributed by atoms with Gasteiger partial charge in [-0.1, -0.05) is 54.1 Å². The Hall–Kier alpha value is -2.78. The molecule has 0 bridgehead atoms. The summed E-state index contributed by atoms with van der Waals surface area (Å²) in [5.74, 6) is 1.40. The summed E-state index contributed by atoms with van der Waals surface area (Å²) in [5.41, 5.74) is 2.10. The van der Waals surface area contributed by atoms with Crippen LogP contribution in [-0.4, -0.2) is 19.3 Å². The Morgan fingerprint density at radius 3 is 1.60 bits per heavy atom. The van der Waals surface area contributed by atoms with Crippen LogP contribution in [0.2, 0.25) is 0 Å². The molecule has 0 unspecified atom stereocenters. The van der Waals surface area contributed by atoms with E-state index in [0.717, 1.165) is 22.3 Å². The molecule has 25 heavy (non-hydrogen) atoms. The van der Waals surface area contributed by atoms with Crippen molar-refractivity contribution in [2.24, 2.45) is 0 Å². The third-order valence-electron chi connectivity index (χ3n) is 4.44. The number of rotatable bonds is 5. The standard InChI is InChI=1S/C22H22O3/c1-16-10-12-17(13-11-16)22(23,18-6-4-8-20(14-18)24-2)19-7-5-9-21(15-19)25-3/h4-15,23H,1-3H3. The van der Waals surface area contributed by atoms with Gasteiger partial charge in [-0.25, -0.2) is 0 Å². The Labute approximate surface area is 148 Å². The van der Waals surface area contributed by atoms with Gasteiger partial charge in [-0.2, -0.15) is 0 Å². The molecule has 3 aromatic rings. The molecule has 0 radical (unpaired) electrons. The molecule has 0 atom stereocenters. The van der Waals surface area contributed by atoms with Crippen molar-refractivity contribution in [3.63, 3.8) is 0 Å². The molecule has 128 valence electrons. The minimum atomic E-state index is -1.31. The average molecular weight is 334 g/mol. The lowest BCUT2D eigenvalue weighted by molar-refractivity contribution is 0.125. The average Bonchev–Trinajstić information content (AvgIpc) is 2.68. The monoisotopic (exact) mass is 334 g/mol. The molecule has 0 aliphatic carbocycles. The van der Waals surface area contributed by atoms with Gasteiger partial charge in [0.15, 0.2) is 0 Å². The normalized spacial score (nSPS) is 11.2. The zero-order valence-corrected chi connectivity index (χ0v) is 14.7. The van der Waals surface area contributed by atoms with Crippen LogP contribution in [-0.2, 0) is 5.60 Å². The van der Waals surface area contributed by atoms with E-state index in [0.29, 0.717) is 11.5 Å². The number of methoxy groups -OCH3 is 2. The summed E-state index contributed by atoms with van der Waals surface area (Å²) in [6, 6.07) is 22.9. The minimum Gasteiger partial charge on any atom is -0.497 e. The molecule has 3 heteroatoms. The third kappa shape index (κ3) is 3.24. The molecular formula is C22H22O3. The number of ether oxygens (including phenoxy) is 2. The zero-order valence-electron chi connectivity index (χ0n) is 14.7. The lowest BCUT2D eigenvalue weighted by Gasteiger charge is -2.30. The highest BCUT2D eigenvalue weighted by molar-refractivity contribution is 5.50. The van der Waals surface area contributed by atoms with E-state index in [1.807, 2.05) is 79.7 Å². The minimum absolute atomic E-state index is 0.700. The maximum absolute atomic E-state index is 11.8. The first-order chi connectivity index (χ1) is 12.1. The fraction of sp³-hybridized carbons (Fsp3) is 0.182. The topological polar surface area (TPSA) is 38.7 Å². The summed E-state index contributed by atoms with van der Waals surface area (Å²) in [4.78, 5) is 0. The van der Waals surface area contributed by atoms with Crippen molar-refractivity contribution < 1.29 is 14.6 Å². The zero-order chi connectivity index (χ0) is 17.9. The molecular weight excluding hydrogens is 312 g/mol. The van der Waals surface area contributed by atoms with Gasteiger partial charge in [-0.3, -0.25) is 0 Å². The summed E-state index contributed by atoms with van der Waals surface area (Å²) in [6.07, 6.45) is 0. The molecule has 0 heterocycles. The predicted molar refractivity (Wildman–Crippen MR) is 99.3 cm³/mol. The summed E-state index contributed by atoms with van der Waals surface area (Å²) in [7, 11) is 3.24. The summed E-state index contributed by atoms with van der Waals surface area (Å²) in [6.45, 7) is 2.03.